The summed E-state index contributed by atoms with van der Waals surface area (Å²) in [5.41, 5.74) is 3.12. The Morgan fingerprint density at radius 1 is 1.22 bits per heavy atom. The number of halogens is 1. The van der Waals surface area contributed by atoms with E-state index in [1.54, 1.807) is 23.9 Å². The van der Waals surface area contributed by atoms with Gasteiger partial charge in [0, 0.05) is 6.20 Å². The summed E-state index contributed by atoms with van der Waals surface area (Å²) in [5.74, 6) is -0.292. The summed E-state index contributed by atoms with van der Waals surface area (Å²) in [6.07, 6.45) is 4.46. The van der Waals surface area contributed by atoms with Crippen LogP contribution in [-0.2, 0) is 4.74 Å². The highest BCUT2D eigenvalue weighted by atomic mass is 32.1. The fraction of sp³-hybridized carbons (Fsp3) is 0.286. The monoisotopic (exact) mass is 458 g/mol. The van der Waals surface area contributed by atoms with Crippen LogP contribution in [0, 0.1) is 12.7 Å². The molecule has 9 nitrogen and oxygen atoms in total. The molecule has 32 heavy (non-hydrogen) atoms. The average molecular weight is 459 g/mol. The topological polar surface area (TPSA) is 97.0 Å². The average Bonchev–Trinajstić information content (AvgIpc) is 3.42. The van der Waals surface area contributed by atoms with Crippen LogP contribution in [0.15, 0.2) is 36.8 Å². The van der Waals surface area contributed by atoms with Crippen LogP contribution < -0.4 is 4.74 Å². The highest BCUT2D eigenvalue weighted by Gasteiger charge is 2.21. The molecule has 4 rings (SSSR count). The molecule has 0 amide bonds. The van der Waals surface area contributed by atoms with Gasteiger partial charge in [-0.25, -0.2) is 18.9 Å². The number of aryl methyl sites for hydroxylation is 1. The molecule has 3 aromatic heterocycles. The molecule has 0 fully saturated rings. The lowest BCUT2D eigenvalue weighted by Gasteiger charge is -2.17. The van der Waals surface area contributed by atoms with Crippen molar-refractivity contribution in [3.05, 3.63) is 59.3 Å². The molecule has 0 aliphatic heterocycles. The molecule has 0 aliphatic rings. The van der Waals surface area contributed by atoms with Gasteiger partial charge in [-0.3, -0.25) is 4.68 Å². The molecule has 1 aromatic carbocycles. The standard InChI is InChI=1S/C21H21FN6O3.H2S/c1-5-31-20(29)14-9-23-27(11-14)21-25-17-10-24-28(18(17)19(26-21)30-4)13(3)16-8-15(22)7-6-12(16)2;/h6-11,13H,5H2,1-4H3;1H2/t13-;/m0./s1. The molecule has 0 aliphatic carbocycles. The summed E-state index contributed by atoms with van der Waals surface area (Å²) in [6, 6.07) is 4.38. The molecular formula is C21H23FN6O3S. The zero-order valence-electron chi connectivity index (χ0n) is 18.0. The number of esters is 1. The van der Waals surface area contributed by atoms with Gasteiger partial charge in [-0.2, -0.15) is 28.7 Å². The highest BCUT2D eigenvalue weighted by Crippen LogP contribution is 2.30. The maximum Gasteiger partial charge on any atom is 0.341 e. The Balaban J connectivity index is 0.00000289. The molecule has 11 heteroatoms. The van der Waals surface area contributed by atoms with E-state index in [1.165, 1.54) is 36.3 Å². The number of hydrogen-bond acceptors (Lipinski definition) is 7. The predicted molar refractivity (Wildman–Crippen MR) is 120 cm³/mol. The second-order valence-electron chi connectivity index (χ2n) is 6.93. The normalized spacial score (nSPS) is 11.8. The first-order valence-corrected chi connectivity index (χ1v) is 9.70. The third-order valence-corrected chi connectivity index (χ3v) is 4.95. The zero-order chi connectivity index (χ0) is 22.1. The van der Waals surface area contributed by atoms with E-state index >= 15 is 0 Å². The van der Waals surface area contributed by atoms with Crippen LogP contribution in [0.4, 0.5) is 4.39 Å². The Kier molecular flexibility index (Phi) is 6.78. The van der Waals surface area contributed by atoms with E-state index in [-0.39, 0.29) is 49.4 Å². The molecule has 1 atom stereocenters. The molecule has 3 heterocycles. The van der Waals surface area contributed by atoms with Gasteiger partial charge < -0.3 is 9.47 Å². The Bertz CT molecular complexity index is 1270. The van der Waals surface area contributed by atoms with E-state index in [0.29, 0.717) is 11.0 Å². The lowest BCUT2D eigenvalue weighted by atomic mass is 10.0. The number of fused-ring (bicyclic) bond motifs is 1. The number of carbonyl (C=O) groups is 1. The molecule has 168 valence electrons. The fourth-order valence-electron chi connectivity index (χ4n) is 3.40. The third-order valence-electron chi connectivity index (χ3n) is 4.95. The van der Waals surface area contributed by atoms with E-state index < -0.39 is 5.97 Å². The lowest BCUT2D eigenvalue weighted by Crippen LogP contribution is -2.12. The van der Waals surface area contributed by atoms with Gasteiger partial charge in [-0.1, -0.05) is 6.07 Å². The van der Waals surface area contributed by atoms with E-state index in [2.05, 4.69) is 20.2 Å². The maximum atomic E-state index is 13.8. The quantitative estimate of drug-likeness (QED) is 0.409. The van der Waals surface area contributed by atoms with Crippen molar-refractivity contribution < 1.29 is 18.7 Å². The van der Waals surface area contributed by atoms with Crippen molar-refractivity contribution in [2.75, 3.05) is 13.7 Å². The summed E-state index contributed by atoms with van der Waals surface area (Å²) in [7, 11) is 1.49. The molecule has 0 spiro atoms. The Hall–Kier alpha value is -3.47. The van der Waals surface area contributed by atoms with Crippen molar-refractivity contribution in [2.24, 2.45) is 0 Å². The number of methoxy groups -OCH3 is 1. The van der Waals surface area contributed by atoms with E-state index in [1.807, 2.05) is 13.8 Å². The van der Waals surface area contributed by atoms with Crippen molar-refractivity contribution in [1.82, 2.24) is 29.5 Å². The maximum absolute atomic E-state index is 13.8. The van der Waals surface area contributed by atoms with Crippen LogP contribution >= 0.6 is 13.5 Å². The first-order valence-electron chi connectivity index (χ1n) is 9.70. The van der Waals surface area contributed by atoms with Crippen LogP contribution in [0.1, 0.15) is 41.4 Å². The number of rotatable bonds is 6. The van der Waals surface area contributed by atoms with Crippen LogP contribution in [0.5, 0.6) is 5.88 Å². The van der Waals surface area contributed by atoms with Crippen molar-refractivity contribution in [1.29, 1.82) is 0 Å². The van der Waals surface area contributed by atoms with Crippen LogP contribution in [-0.4, -0.2) is 49.2 Å². The van der Waals surface area contributed by atoms with Gasteiger partial charge in [0.15, 0.2) is 0 Å². The van der Waals surface area contributed by atoms with E-state index in [4.69, 9.17) is 9.47 Å². The lowest BCUT2D eigenvalue weighted by molar-refractivity contribution is 0.0526. The summed E-state index contributed by atoms with van der Waals surface area (Å²) < 4.78 is 27.4. The highest BCUT2D eigenvalue weighted by molar-refractivity contribution is 7.59. The van der Waals surface area contributed by atoms with Crippen LogP contribution in [0.2, 0.25) is 0 Å². The molecule has 4 aromatic rings. The SMILES string of the molecule is CCOC(=O)c1cnn(-c2nc(OC)c3c(cnn3[C@@H](C)c3cc(F)ccc3C)n2)c1.S. The Morgan fingerprint density at radius 3 is 2.72 bits per heavy atom. The number of carbonyl (C=O) groups excluding carboxylic acids is 1. The minimum atomic E-state index is -0.478. The molecule has 0 radical (unpaired) electrons. The van der Waals surface area contributed by atoms with Gasteiger partial charge in [0.2, 0.25) is 5.88 Å². The van der Waals surface area contributed by atoms with Gasteiger partial charge in [-0.05, 0) is 44.0 Å². The van der Waals surface area contributed by atoms with Gasteiger partial charge in [0.05, 0.1) is 37.7 Å². The van der Waals surface area contributed by atoms with E-state index in [9.17, 15) is 9.18 Å². The van der Waals surface area contributed by atoms with Gasteiger partial charge in [0.25, 0.3) is 5.95 Å². The van der Waals surface area contributed by atoms with Crippen LogP contribution in [0.3, 0.4) is 0 Å². The summed E-state index contributed by atoms with van der Waals surface area (Å²) in [5, 5.41) is 8.60. The third kappa shape index (κ3) is 4.15. The summed E-state index contributed by atoms with van der Waals surface area (Å²) in [4.78, 5) is 20.9. The first-order chi connectivity index (χ1) is 14.9. The number of benzene rings is 1. The summed E-state index contributed by atoms with van der Waals surface area (Å²) in [6.45, 7) is 5.83. The molecular weight excluding hydrogens is 435 g/mol. The zero-order valence-corrected chi connectivity index (χ0v) is 19.0. The van der Waals surface area contributed by atoms with Crippen molar-refractivity contribution in [2.45, 2.75) is 26.8 Å². The predicted octanol–water partition coefficient (Wildman–Crippen LogP) is 3.37. The first kappa shape index (κ1) is 23.2. The number of nitrogens with zero attached hydrogens (tertiary/aromatic N) is 6. The minimum absolute atomic E-state index is 0. The Labute approximate surface area is 190 Å². The summed E-state index contributed by atoms with van der Waals surface area (Å²) >= 11 is 0. The number of aromatic nitrogens is 6. The molecule has 0 saturated heterocycles. The van der Waals surface area contributed by atoms with E-state index in [0.717, 1.165) is 11.1 Å². The molecule has 0 N–H and O–H groups in total. The molecule has 0 unspecified atom stereocenters. The van der Waals surface area contributed by atoms with Gasteiger partial charge in [-0.15, -0.1) is 0 Å². The smallest absolute Gasteiger partial charge is 0.341 e. The van der Waals surface area contributed by atoms with Crippen LogP contribution in [0.25, 0.3) is 17.0 Å². The van der Waals surface area contributed by atoms with Crippen molar-refractivity contribution in [3.63, 3.8) is 0 Å². The van der Waals surface area contributed by atoms with Crippen molar-refractivity contribution >= 4 is 30.5 Å². The second-order valence-corrected chi connectivity index (χ2v) is 6.93. The molecule has 0 bridgehead atoms. The second kappa shape index (κ2) is 9.35. The molecule has 0 saturated carbocycles. The number of hydrogen-bond donors (Lipinski definition) is 0. The van der Waals surface area contributed by atoms with Crippen molar-refractivity contribution in [3.8, 4) is 11.8 Å². The largest absolute Gasteiger partial charge is 0.479 e. The Morgan fingerprint density at radius 2 is 2.00 bits per heavy atom. The van der Waals surface area contributed by atoms with Gasteiger partial charge in [0.1, 0.15) is 16.9 Å². The van der Waals surface area contributed by atoms with Gasteiger partial charge >= 0.3 is 5.97 Å². The minimum Gasteiger partial charge on any atom is -0.479 e. The fourth-order valence-corrected chi connectivity index (χ4v) is 3.40. The number of ether oxygens (including phenoxy) is 2.